The van der Waals surface area contributed by atoms with Gasteiger partial charge in [0.2, 0.25) is 0 Å². The summed E-state index contributed by atoms with van der Waals surface area (Å²) in [5, 5.41) is 6.98. The van der Waals surface area contributed by atoms with Crippen LogP contribution in [0.1, 0.15) is 24.1 Å². The first-order chi connectivity index (χ1) is 14.2. The van der Waals surface area contributed by atoms with E-state index in [1.165, 1.54) is 21.9 Å². The van der Waals surface area contributed by atoms with Crippen molar-refractivity contribution in [2.45, 2.75) is 19.5 Å². The SMILES string of the molecule is COc1ccc(-c2cc(CN[C@H](C)c3cccc4ccccc34)ccc2Cl)cc1. The summed E-state index contributed by atoms with van der Waals surface area (Å²) in [4.78, 5) is 0. The zero-order chi connectivity index (χ0) is 20.2. The number of methoxy groups -OCH3 is 1. The fourth-order valence-electron chi connectivity index (χ4n) is 3.68. The molecule has 0 radical (unpaired) electrons. The molecule has 0 aliphatic carbocycles. The third kappa shape index (κ3) is 4.29. The first-order valence-electron chi connectivity index (χ1n) is 9.79. The normalized spacial score (nSPS) is 12.1. The van der Waals surface area contributed by atoms with Crippen LogP contribution in [0.4, 0.5) is 0 Å². The average Bonchev–Trinajstić information content (AvgIpc) is 2.78. The lowest BCUT2D eigenvalue weighted by Gasteiger charge is -2.17. The molecule has 0 bridgehead atoms. The summed E-state index contributed by atoms with van der Waals surface area (Å²) in [6, 6.07) is 29.4. The Hall–Kier alpha value is -2.81. The molecule has 146 valence electrons. The molecule has 3 heteroatoms. The number of rotatable bonds is 6. The van der Waals surface area contributed by atoms with E-state index in [4.69, 9.17) is 16.3 Å². The van der Waals surface area contributed by atoms with Crippen LogP contribution in [0.25, 0.3) is 21.9 Å². The van der Waals surface area contributed by atoms with Gasteiger partial charge in [-0.25, -0.2) is 0 Å². The van der Waals surface area contributed by atoms with Crippen LogP contribution in [0.3, 0.4) is 0 Å². The minimum atomic E-state index is 0.237. The smallest absolute Gasteiger partial charge is 0.118 e. The molecule has 4 aromatic carbocycles. The fraction of sp³-hybridized carbons (Fsp3) is 0.154. The molecule has 4 rings (SSSR count). The van der Waals surface area contributed by atoms with Gasteiger partial charge in [-0.05, 0) is 58.7 Å². The minimum absolute atomic E-state index is 0.237. The van der Waals surface area contributed by atoms with E-state index in [2.05, 4.69) is 66.8 Å². The van der Waals surface area contributed by atoms with Crippen LogP contribution in [-0.2, 0) is 6.54 Å². The van der Waals surface area contributed by atoms with E-state index in [9.17, 15) is 0 Å². The summed E-state index contributed by atoms with van der Waals surface area (Å²) in [5.41, 5.74) is 4.63. The summed E-state index contributed by atoms with van der Waals surface area (Å²) in [7, 11) is 1.67. The van der Waals surface area contributed by atoms with Gasteiger partial charge in [0.25, 0.3) is 0 Å². The van der Waals surface area contributed by atoms with Gasteiger partial charge in [0, 0.05) is 23.2 Å². The summed E-state index contributed by atoms with van der Waals surface area (Å²) in [5.74, 6) is 0.839. The molecule has 0 amide bonds. The fourth-order valence-corrected chi connectivity index (χ4v) is 3.91. The molecule has 0 aliphatic rings. The predicted molar refractivity (Wildman–Crippen MR) is 123 cm³/mol. The molecular weight excluding hydrogens is 378 g/mol. The van der Waals surface area contributed by atoms with Crippen molar-refractivity contribution in [1.82, 2.24) is 5.32 Å². The van der Waals surface area contributed by atoms with Gasteiger partial charge in [-0.3, -0.25) is 0 Å². The van der Waals surface area contributed by atoms with Crippen molar-refractivity contribution in [2.75, 3.05) is 7.11 Å². The second-order valence-corrected chi connectivity index (χ2v) is 7.62. The minimum Gasteiger partial charge on any atom is -0.497 e. The molecule has 4 aromatic rings. The van der Waals surface area contributed by atoms with Crippen LogP contribution in [0.5, 0.6) is 5.75 Å². The Labute approximate surface area is 177 Å². The van der Waals surface area contributed by atoms with Crippen molar-refractivity contribution in [2.24, 2.45) is 0 Å². The Morgan fingerprint density at radius 3 is 2.45 bits per heavy atom. The quantitative estimate of drug-likeness (QED) is 0.374. The molecule has 29 heavy (non-hydrogen) atoms. The van der Waals surface area contributed by atoms with Crippen molar-refractivity contribution in [1.29, 1.82) is 0 Å². The van der Waals surface area contributed by atoms with Gasteiger partial charge in [0.15, 0.2) is 0 Å². The average molecular weight is 402 g/mol. The molecule has 0 aromatic heterocycles. The maximum Gasteiger partial charge on any atom is 0.118 e. The van der Waals surface area contributed by atoms with Gasteiger partial charge < -0.3 is 10.1 Å². The van der Waals surface area contributed by atoms with Crippen molar-refractivity contribution in [3.63, 3.8) is 0 Å². The second-order valence-electron chi connectivity index (χ2n) is 7.21. The number of benzene rings is 4. The third-order valence-corrected chi connectivity index (χ3v) is 5.66. The van der Waals surface area contributed by atoms with Gasteiger partial charge in [-0.15, -0.1) is 0 Å². The van der Waals surface area contributed by atoms with Crippen molar-refractivity contribution in [3.8, 4) is 16.9 Å². The van der Waals surface area contributed by atoms with Crippen LogP contribution in [-0.4, -0.2) is 7.11 Å². The summed E-state index contributed by atoms with van der Waals surface area (Å²) < 4.78 is 5.25. The molecule has 0 unspecified atom stereocenters. The Bertz CT molecular complexity index is 1120. The van der Waals surface area contributed by atoms with Crippen molar-refractivity contribution < 1.29 is 4.74 Å². The first-order valence-corrected chi connectivity index (χ1v) is 10.2. The lowest BCUT2D eigenvalue weighted by Crippen LogP contribution is -2.18. The third-order valence-electron chi connectivity index (χ3n) is 5.33. The number of hydrogen-bond acceptors (Lipinski definition) is 2. The topological polar surface area (TPSA) is 21.3 Å². The van der Waals surface area contributed by atoms with E-state index in [-0.39, 0.29) is 6.04 Å². The van der Waals surface area contributed by atoms with E-state index in [1.807, 2.05) is 30.3 Å². The van der Waals surface area contributed by atoms with Gasteiger partial charge in [0.05, 0.1) is 7.11 Å². The van der Waals surface area contributed by atoms with E-state index >= 15 is 0 Å². The lowest BCUT2D eigenvalue weighted by atomic mass is 9.99. The highest BCUT2D eigenvalue weighted by Crippen LogP contribution is 2.31. The molecule has 0 saturated carbocycles. The Balaban J connectivity index is 1.53. The van der Waals surface area contributed by atoms with Crippen LogP contribution >= 0.6 is 11.6 Å². The number of hydrogen-bond donors (Lipinski definition) is 1. The number of fused-ring (bicyclic) bond motifs is 1. The van der Waals surface area contributed by atoms with Crippen LogP contribution < -0.4 is 10.1 Å². The van der Waals surface area contributed by atoms with E-state index in [1.54, 1.807) is 7.11 Å². The van der Waals surface area contributed by atoms with Gasteiger partial charge in [-0.2, -0.15) is 0 Å². The summed E-state index contributed by atoms with van der Waals surface area (Å²) in [6.07, 6.45) is 0. The number of ether oxygens (including phenoxy) is 1. The maximum absolute atomic E-state index is 6.48. The molecule has 0 aliphatic heterocycles. The highest BCUT2D eigenvalue weighted by Gasteiger charge is 2.10. The number of nitrogens with one attached hydrogen (secondary N) is 1. The van der Waals surface area contributed by atoms with Gasteiger partial charge >= 0.3 is 0 Å². The second kappa shape index (κ2) is 8.69. The van der Waals surface area contributed by atoms with E-state index < -0.39 is 0 Å². The molecule has 0 heterocycles. The van der Waals surface area contributed by atoms with Crippen molar-refractivity contribution in [3.05, 3.63) is 101 Å². The highest BCUT2D eigenvalue weighted by atomic mass is 35.5. The van der Waals surface area contributed by atoms with Crippen LogP contribution in [0, 0.1) is 0 Å². The zero-order valence-corrected chi connectivity index (χ0v) is 17.4. The molecule has 2 nitrogen and oxygen atoms in total. The Morgan fingerprint density at radius 1 is 0.897 bits per heavy atom. The van der Waals surface area contributed by atoms with Crippen molar-refractivity contribution >= 4 is 22.4 Å². The standard InChI is InChI=1S/C26H24ClNO/c1-18(23-9-5-7-20-6-3-4-8-24(20)23)28-17-19-10-15-26(27)25(16-19)21-11-13-22(29-2)14-12-21/h3-16,18,28H,17H2,1-2H3/t18-/m1/s1. The maximum atomic E-state index is 6.48. The summed E-state index contributed by atoms with van der Waals surface area (Å²) >= 11 is 6.48. The van der Waals surface area contributed by atoms with E-state index in [0.29, 0.717) is 0 Å². The molecule has 0 saturated heterocycles. The molecule has 1 atom stereocenters. The Kier molecular flexibility index (Phi) is 5.84. The Morgan fingerprint density at radius 2 is 1.66 bits per heavy atom. The summed E-state index contributed by atoms with van der Waals surface area (Å²) in [6.45, 7) is 2.98. The first kappa shape index (κ1) is 19.5. The predicted octanol–water partition coefficient (Wildman–Crippen LogP) is 7.02. The molecule has 0 spiro atoms. The largest absolute Gasteiger partial charge is 0.497 e. The zero-order valence-electron chi connectivity index (χ0n) is 16.7. The highest BCUT2D eigenvalue weighted by molar-refractivity contribution is 6.33. The monoisotopic (exact) mass is 401 g/mol. The molecule has 0 fully saturated rings. The van der Waals surface area contributed by atoms with Gasteiger partial charge in [0.1, 0.15) is 5.75 Å². The van der Waals surface area contributed by atoms with Crippen LogP contribution in [0.2, 0.25) is 5.02 Å². The van der Waals surface area contributed by atoms with Gasteiger partial charge in [-0.1, -0.05) is 72.3 Å². The number of halogens is 1. The molecular formula is C26H24ClNO. The van der Waals surface area contributed by atoms with Crippen LogP contribution in [0.15, 0.2) is 84.9 Å². The van der Waals surface area contributed by atoms with E-state index in [0.717, 1.165) is 28.4 Å². The lowest BCUT2D eigenvalue weighted by molar-refractivity contribution is 0.415. The molecule has 1 N–H and O–H groups in total.